The van der Waals surface area contributed by atoms with Crippen molar-refractivity contribution in [3.8, 4) is 0 Å². The highest BCUT2D eigenvalue weighted by Crippen LogP contribution is 2.24. The van der Waals surface area contributed by atoms with Gasteiger partial charge in [0.25, 0.3) is 10.0 Å². The average molecular weight is 332 g/mol. The zero-order chi connectivity index (χ0) is 14.9. The van der Waals surface area contributed by atoms with Crippen molar-refractivity contribution in [2.75, 3.05) is 10.5 Å². The summed E-state index contributed by atoms with van der Waals surface area (Å²) >= 11 is 11.7. The maximum Gasteiger partial charge on any atom is 0.263 e. The molecule has 0 radical (unpaired) electrons. The van der Waals surface area contributed by atoms with Crippen LogP contribution in [0.5, 0.6) is 0 Å². The molecule has 0 aliphatic rings. The van der Waals surface area contributed by atoms with Gasteiger partial charge in [-0.2, -0.15) is 0 Å². The van der Waals surface area contributed by atoms with Gasteiger partial charge in [-0.3, -0.25) is 4.72 Å². The van der Waals surface area contributed by atoms with E-state index in [-0.39, 0.29) is 15.7 Å². The number of aromatic nitrogens is 1. The molecule has 0 atom stereocenters. The summed E-state index contributed by atoms with van der Waals surface area (Å²) in [5, 5.41) is 0.550. The van der Waals surface area contributed by atoms with Crippen molar-refractivity contribution in [3.63, 3.8) is 0 Å². The van der Waals surface area contributed by atoms with Crippen molar-refractivity contribution in [1.29, 1.82) is 0 Å². The van der Waals surface area contributed by atoms with Crippen molar-refractivity contribution in [2.45, 2.75) is 11.8 Å². The molecule has 2 aromatic rings. The van der Waals surface area contributed by atoms with E-state index in [2.05, 4.69) is 9.71 Å². The molecule has 0 fully saturated rings. The predicted octanol–water partition coefficient (Wildman–Crippen LogP) is 3.08. The number of pyridine rings is 1. The number of anilines is 2. The number of hydrogen-bond donors (Lipinski definition) is 2. The van der Waals surface area contributed by atoms with Crippen LogP contribution in [0.25, 0.3) is 0 Å². The van der Waals surface area contributed by atoms with Gasteiger partial charge in [-0.15, -0.1) is 0 Å². The molecule has 5 nitrogen and oxygen atoms in total. The number of nitrogens with two attached hydrogens (primary N) is 1. The highest BCUT2D eigenvalue weighted by Gasteiger charge is 2.16. The number of benzene rings is 1. The van der Waals surface area contributed by atoms with Crippen LogP contribution in [0.4, 0.5) is 11.5 Å². The Labute approximate surface area is 126 Å². The summed E-state index contributed by atoms with van der Waals surface area (Å²) in [6.45, 7) is 1.82. The normalized spacial score (nSPS) is 11.3. The van der Waals surface area contributed by atoms with Crippen LogP contribution in [-0.4, -0.2) is 13.4 Å². The zero-order valence-electron chi connectivity index (χ0n) is 10.4. The van der Waals surface area contributed by atoms with E-state index >= 15 is 0 Å². The van der Waals surface area contributed by atoms with Crippen molar-refractivity contribution in [1.82, 2.24) is 4.98 Å². The number of rotatable bonds is 3. The summed E-state index contributed by atoms with van der Waals surface area (Å²) in [7, 11) is -3.79. The van der Waals surface area contributed by atoms with E-state index in [1.54, 1.807) is 12.1 Å². The number of aryl methyl sites for hydroxylation is 1. The number of nitrogen functional groups attached to an aromatic ring is 1. The second kappa shape index (κ2) is 5.47. The lowest BCUT2D eigenvalue weighted by molar-refractivity contribution is 0.601. The zero-order valence-corrected chi connectivity index (χ0v) is 12.7. The number of halogens is 2. The summed E-state index contributed by atoms with van der Waals surface area (Å²) in [4.78, 5) is 3.64. The van der Waals surface area contributed by atoms with Crippen LogP contribution in [0.15, 0.2) is 35.4 Å². The highest BCUT2D eigenvalue weighted by atomic mass is 35.5. The molecule has 0 amide bonds. The molecule has 3 N–H and O–H groups in total. The smallest absolute Gasteiger partial charge is 0.263 e. The topological polar surface area (TPSA) is 85.1 Å². The van der Waals surface area contributed by atoms with E-state index in [1.165, 1.54) is 12.1 Å². The number of nitrogens with zero attached hydrogens (tertiary/aromatic N) is 1. The van der Waals surface area contributed by atoms with Gasteiger partial charge in [0, 0.05) is 11.2 Å². The quantitative estimate of drug-likeness (QED) is 0.904. The van der Waals surface area contributed by atoms with Crippen LogP contribution < -0.4 is 10.5 Å². The Morgan fingerprint density at radius 2 is 1.90 bits per heavy atom. The van der Waals surface area contributed by atoms with Gasteiger partial charge >= 0.3 is 0 Å². The molecule has 0 aliphatic carbocycles. The van der Waals surface area contributed by atoms with Gasteiger partial charge in [0.15, 0.2) is 0 Å². The summed E-state index contributed by atoms with van der Waals surface area (Å²) in [5.41, 5.74) is 6.65. The minimum absolute atomic E-state index is 0.0731. The lowest BCUT2D eigenvalue weighted by Gasteiger charge is -2.09. The molecule has 1 aromatic carbocycles. The molecule has 0 aliphatic heterocycles. The molecule has 0 saturated carbocycles. The molecular weight excluding hydrogens is 321 g/mol. The molecule has 0 unspecified atom stereocenters. The van der Waals surface area contributed by atoms with Crippen LogP contribution in [0.3, 0.4) is 0 Å². The third kappa shape index (κ3) is 3.15. The summed E-state index contributed by atoms with van der Waals surface area (Å²) in [6.07, 6.45) is 1.14. The summed E-state index contributed by atoms with van der Waals surface area (Å²) in [6, 6.07) is 6.10. The maximum atomic E-state index is 12.2. The van der Waals surface area contributed by atoms with Gasteiger partial charge in [0.05, 0.1) is 10.7 Å². The van der Waals surface area contributed by atoms with E-state index in [1.807, 2.05) is 6.92 Å². The van der Waals surface area contributed by atoms with E-state index in [9.17, 15) is 8.42 Å². The van der Waals surface area contributed by atoms with E-state index in [0.29, 0.717) is 10.7 Å². The summed E-state index contributed by atoms with van der Waals surface area (Å²) < 4.78 is 26.7. The Hall–Kier alpha value is -1.50. The van der Waals surface area contributed by atoms with Crippen molar-refractivity contribution in [3.05, 3.63) is 46.1 Å². The molecule has 0 bridgehead atoms. The Balaban J connectivity index is 2.35. The number of hydrogen-bond acceptors (Lipinski definition) is 4. The molecule has 8 heteroatoms. The van der Waals surface area contributed by atoms with Crippen molar-refractivity contribution >= 4 is 44.7 Å². The van der Waals surface area contributed by atoms with Gasteiger partial charge < -0.3 is 5.73 Å². The predicted molar refractivity (Wildman–Crippen MR) is 80.7 cm³/mol. The van der Waals surface area contributed by atoms with Crippen LogP contribution >= 0.6 is 23.2 Å². The lowest BCUT2D eigenvalue weighted by atomic mass is 10.2. The second-order valence-electron chi connectivity index (χ2n) is 4.11. The van der Waals surface area contributed by atoms with E-state index in [4.69, 9.17) is 28.9 Å². The molecule has 20 heavy (non-hydrogen) atoms. The molecule has 1 aromatic heterocycles. The first-order valence-electron chi connectivity index (χ1n) is 5.49. The van der Waals surface area contributed by atoms with Gasteiger partial charge in [-0.1, -0.05) is 29.3 Å². The van der Waals surface area contributed by atoms with Gasteiger partial charge in [0.1, 0.15) is 10.7 Å². The van der Waals surface area contributed by atoms with Crippen molar-refractivity contribution in [2.24, 2.45) is 0 Å². The Kier molecular flexibility index (Phi) is 4.08. The van der Waals surface area contributed by atoms with Crippen LogP contribution in [0, 0.1) is 6.92 Å². The first-order valence-corrected chi connectivity index (χ1v) is 7.73. The van der Waals surface area contributed by atoms with E-state index < -0.39 is 10.0 Å². The first-order chi connectivity index (χ1) is 9.29. The Morgan fingerprint density at radius 3 is 2.50 bits per heavy atom. The highest BCUT2D eigenvalue weighted by molar-refractivity contribution is 7.92. The molecule has 0 spiro atoms. The Morgan fingerprint density at radius 1 is 1.20 bits per heavy atom. The fourth-order valence-electron chi connectivity index (χ4n) is 1.45. The van der Waals surface area contributed by atoms with Crippen molar-refractivity contribution < 1.29 is 8.42 Å². The third-order valence-electron chi connectivity index (χ3n) is 2.58. The minimum atomic E-state index is -3.79. The monoisotopic (exact) mass is 331 g/mol. The molecule has 1 heterocycles. The van der Waals surface area contributed by atoms with Crippen LogP contribution in [0.1, 0.15) is 5.56 Å². The molecule has 106 valence electrons. The summed E-state index contributed by atoms with van der Waals surface area (Å²) in [5.74, 6) is 0.0731. The second-order valence-corrected chi connectivity index (χ2v) is 6.60. The maximum absolute atomic E-state index is 12.2. The standard InChI is InChI=1S/C12H11Cl2N3O2S/c1-7-2-3-8(4-10(7)13)17-20(18,19)9-5-11(14)12(15)16-6-9/h2-6,17H,1H3,(H2,15,16). The van der Waals surface area contributed by atoms with Gasteiger partial charge in [-0.25, -0.2) is 13.4 Å². The molecule has 0 saturated heterocycles. The average Bonchev–Trinajstić information content (AvgIpc) is 2.37. The Bertz CT molecular complexity index is 763. The minimum Gasteiger partial charge on any atom is -0.382 e. The molecule has 2 rings (SSSR count). The fraction of sp³-hybridized carbons (Fsp3) is 0.0833. The number of nitrogens with one attached hydrogen (secondary N) is 1. The first kappa shape index (κ1) is 14.9. The van der Waals surface area contributed by atoms with E-state index in [0.717, 1.165) is 11.8 Å². The molecular formula is C12H11Cl2N3O2S. The van der Waals surface area contributed by atoms with Gasteiger partial charge in [0.2, 0.25) is 0 Å². The largest absolute Gasteiger partial charge is 0.382 e. The SMILES string of the molecule is Cc1ccc(NS(=O)(=O)c2cnc(N)c(Cl)c2)cc1Cl. The fourth-order valence-corrected chi connectivity index (χ4v) is 2.88. The number of sulfonamides is 1. The van der Waals surface area contributed by atoms with Gasteiger partial charge in [-0.05, 0) is 30.7 Å². The third-order valence-corrected chi connectivity index (χ3v) is 4.64. The van der Waals surface area contributed by atoms with Crippen LogP contribution in [0.2, 0.25) is 10.0 Å². The lowest BCUT2D eigenvalue weighted by Crippen LogP contribution is -2.13. The van der Waals surface area contributed by atoms with Crippen LogP contribution in [-0.2, 0) is 10.0 Å².